The lowest BCUT2D eigenvalue weighted by Gasteiger charge is -2.34. The van der Waals surface area contributed by atoms with Gasteiger partial charge in [-0.05, 0) is 57.7 Å². The Morgan fingerprint density at radius 3 is 2.62 bits per heavy atom. The Bertz CT molecular complexity index is 707. The van der Waals surface area contributed by atoms with Crippen LogP contribution in [0.3, 0.4) is 0 Å². The highest BCUT2D eigenvalue weighted by Gasteiger charge is 2.61. The van der Waals surface area contributed by atoms with Gasteiger partial charge in [-0.15, -0.1) is 0 Å². The summed E-state index contributed by atoms with van der Waals surface area (Å²) >= 11 is 6.25. The maximum absolute atomic E-state index is 13.2. The molecule has 1 aromatic rings. The van der Waals surface area contributed by atoms with Gasteiger partial charge in [-0.25, -0.2) is 0 Å². The molecule has 1 amide bonds. The van der Waals surface area contributed by atoms with Gasteiger partial charge in [0.2, 0.25) is 0 Å². The Morgan fingerprint density at radius 2 is 2.00 bits per heavy atom. The van der Waals surface area contributed by atoms with E-state index in [0.717, 1.165) is 12.8 Å². The number of nitrogens with zero attached hydrogens (tertiary/aromatic N) is 1. The third-order valence-corrected chi connectivity index (χ3v) is 6.06. The summed E-state index contributed by atoms with van der Waals surface area (Å²) < 4.78 is 10.8. The maximum Gasteiger partial charge on any atom is 0.314 e. The highest BCUT2D eigenvalue weighted by molar-refractivity contribution is 6.32. The Hall–Kier alpha value is -1.75. The van der Waals surface area contributed by atoms with Crippen LogP contribution in [0.2, 0.25) is 5.02 Å². The quantitative estimate of drug-likeness (QED) is 0.699. The van der Waals surface area contributed by atoms with Crippen molar-refractivity contribution in [1.29, 1.82) is 0 Å². The zero-order valence-electron chi connectivity index (χ0n) is 15.6. The summed E-state index contributed by atoms with van der Waals surface area (Å²) in [6, 6.07) is 5.12. The molecule has 3 rings (SSSR count). The average Bonchev–Trinajstić information content (AvgIpc) is 3.19. The molecule has 26 heavy (non-hydrogen) atoms. The van der Waals surface area contributed by atoms with Crippen molar-refractivity contribution in [2.24, 2.45) is 5.41 Å². The molecular formula is C20H26ClNO4. The smallest absolute Gasteiger partial charge is 0.314 e. The molecule has 2 saturated heterocycles. The molecule has 0 spiro atoms. The van der Waals surface area contributed by atoms with E-state index < -0.39 is 5.41 Å². The van der Waals surface area contributed by atoms with Gasteiger partial charge in [0, 0.05) is 17.6 Å². The van der Waals surface area contributed by atoms with Gasteiger partial charge in [0.15, 0.2) is 0 Å². The van der Waals surface area contributed by atoms with E-state index in [-0.39, 0.29) is 24.0 Å². The van der Waals surface area contributed by atoms with Crippen molar-refractivity contribution in [2.75, 3.05) is 13.2 Å². The predicted molar refractivity (Wildman–Crippen MR) is 99.6 cm³/mol. The van der Waals surface area contributed by atoms with E-state index >= 15 is 0 Å². The second-order valence-corrected chi connectivity index (χ2v) is 7.38. The van der Waals surface area contributed by atoms with Gasteiger partial charge in [0.05, 0.1) is 23.7 Å². The fourth-order valence-corrected chi connectivity index (χ4v) is 4.80. The van der Waals surface area contributed by atoms with Gasteiger partial charge in [0.25, 0.3) is 5.91 Å². The predicted octanol–water partition coefficient (Wildman–Crippen LogP) is 4.08. The van der Waals surface area contributed by atoms with Gasteiger partial charge in [-0.1, -0.05) is 18.5 Å². The van der Waals surface area contributed by atoms with Crippen molar-refractivity contribution < 1.29 is 19.1 Å². The van der Waals surface area contributed by atoms with Crippen LogP contribution in [0.1, 0.15) is 56.8 Å². The first-order valence-electron chi connectivity index (χ1n) is 9.40. The van der Waals surface area contributed by atoms with E-state index in [9.17, 15) is 9.59 Å². The third kappa shape index (κ3) is 2.96. The Morgan fingerprint density at radius 1 is 1.23 bits per heavy atom. The van der Waals surface area contributed by atoms with Crippen LogP contribution < -0.4 is 4.74 Å². The molecule has 142 valence electrons. The summed E-state index contributed by atoms with van der Waals surface area (Å²) in [4.78, 5) is 27.7. The Kier molecular flexibility index (Phi) is 5.47. The van der Waals surface area contributed by atoms with Gasteiger partial charge in [0.1, 0.15) is 5.75 Å². The minimum Gasteiger partial charge on any atom is -0.492 e. The number of rotatable bonds is 6. The zero-order valence-corrected chi connectivity index (χ0v) is 16.3. The Labute approximate surface area is 159 Å². The molecule has 0 aromatic heterocycles. The fourth-order valence-electron chi connectivity index (χ4n) is 4.56. The van der Waals surface area contributed by atoms with Gasteiger partial charge in [-0.3, -0.25) is 9.59 Å². The number of carbonyl (C=O) groups is 2. The minimum absolute atomic E-state index is 0.0675. The number of esters is 1. The van der Waals surface area contributed by atoms with Crippen molar-refractivity contribution in [3.8, 4) is 5.75 Å². The van der Waals surface area contributed by atoms with Crippen LogP contribution in [0.5, 0.6) is 5.75 Å². The Balaban J connectivity index is 1.87. The van der Waals surface area contributed by atoms with Crippen molar-refractivity contribution in [3.63, 3.8) is 0 Å². The molecule has 2 fully saturated rings. The maximum atomic E-state index is 13.2. The van der Waals surface area contributed by atoms with E-state index in [4.69, 9.17) is 21.1 Å². The number of benzene rings is 1. The number of carbonyl (C=O) groups excluding carboxylic acids is 2. The summed E-state index contributed by atoms with van der Waals surface area (Å²) in [5.41, 5.74) is -0.0463. The molecule has 1 aromatic carbocycles. The second-order valence-electron chi connectivity index (χ2n) is 6.97. The second kappa shape index (κ2) is 7.47. The molecule has 6 heteroatoms. The topological polar surface area (TPSA) is 55.8 Å². The van der Waals surface area contributed by atoms with E-state index in [0.29, 0.717) is 42.4 Å². The molecule has 0 unspecified atom stereocenters. The van der Waals surface area contributed by atoms with Crippen LogP contribution in [-0.2, 0) is 9.53 Å². The lowest BCUT2D eigenvalue weighted by atomic mass is 9.72. The number of hydrogen-bond donors (Lipinski definition) is 0. The zero-order chi connectivity index (χ0) is 18.9. The third-order valence-electron chi connectivity index (χ3n) is 5.77. The molecule has 5 nitrogen and oxygen atoms in total. The van der Waals surface area contributed by atoms with Crippen LogP contribution in [0.4, 0.5) is 0 Å². The molecule has 0 radical (unpaired) electrons. The summed E-state index contributed by atoms with van der Waals surface area (Å²) in [5.74, 6) is 0.337. The number of ether oxygens (including phenoxy) is 2. The lowest BCUT2D eigenvalue weighted by molar-refractivity contribution is -0.157. The molecule has 2 aliphatic heterocycles. The SMILES string of the molecule is CCOC(=O)[C@@]1(CC)C[C@H]2CC[C@@H]1N2C(=O)c1ccc(OCC)c(Cl)c1. The van der Waals surface area contributed by atoms with Crippen molar-refractivity contribution >= 4 is 23.5 Å². The summed E-state index contributed by atoms with van der Waals surface area (Å²) in [6.07, 6.45) is 3.14. The number of fused-ring (bicyclic) bond motifs is 2. The van der Waals surface area contributed by atoms with Crippen LogP contribution in [0.25, 0.3) is 0 Å². The summed E-state index contributed by atoms with van der Waals surface area (Å²) in [6.45, 7) is 6.59. The van der Waals surface area contributed by atoms with Crippen LogP contribution in [0.15, 0.2) is 18.2 Å². The van der Waals surface area contributed by atoms with Crippen LogP contribution in [-0.4, -0.2) is 42.1 Å². The van der Waals surface area contributed by atoms with Crippen molar-refractivity contribution in [3.05, 3.63) is 28.8 Å². The highest BCUT2D eigenvalue weighted by Crippen LogP contribution is 2.53. The molecule has 0 N–H and O–H groups in total. The fraction of sp³-hybridized carbons (Fsp3) is 0.600. The molecule has 3 atom stereocenters. The standard InChI is InChI=1S/C20H26ClNO4/c1-4-20(19(24)26-6-3)12-14-8-10-17(20)22(14)18(23)13-7-9-16(25-5-2)15(21)11-13/h7,9,11,14,17H,4-6,8,10,12H2,1-3H3/t14-,17+,20+/m1/s1. The largest absolute Gasteiger partial charge is 0.492 e. The number of amides is 1. The first kappa shape index (κ1) is 19.0. The number of halogens is 1. The molecule has 0 saturated carbocycles. The summed E-state index contributed by atoms with van der Waals surface area (Å²) in [5, 5.41) is 0.427. The molecule has 2 heterocycles. The highest BCUT2D eigenvalue weighted by atomic mass is 35.5. The molecule has 0 aliphatic carbocycles. The monoisotopic (exact) mass is 379 g/mol. The average molecular weight is 380 g/mol. The first-order valence-corrected chi connectivity index (χ1v) is 9.78. The molecule has 2 aliphatic rings. The van der Waals surface area contributed by atoms with Gasteiger partial charge in [-0.2, -0.15) is 0 Å². The molecular weight excluding hydrogens is 354 g/mol. The van der Waals surface area contributed by atoms with Crippen molar-refractivity contribution in [1.82, 2.24) is 4.90 Å². The van der Waals surface area contributed by atoms with Crippen LogP contribution in [0, 0.1) is 5.41 Å². The molecule has 2 bridgehead atoms. The van der Waals surface area contributed by atoms with Crippen LogP contribution >= 0.6 is 11.6 Å². The van der Waals surface area contributed by atoms with E-state index in [1.165, 1.54) is 0 Å². The number of hydrogen-bond acceptors (Lipinski definition) is 4. The normalized spacial score (nSPS) is 26.8. The van der Waals surface area contributed by atoms with Gasteiger partial charge >= 0.3 is 5.97 Å². The van der Waals surface area contributed by atoms with E-state index in [1.54, 1.807) is 18.2 Å². The lowest BCUT2D eigenvalue weighted by Crippen LogP contribution is -2.45. The first-order chi connectivity index (χ1) is 12.5. The van der Waals surface area contributed by atoms with Gasteiger partial charge < -0.3 is 14.4 Å². The minimum atomic E-state index is -0.580. The van der Waals surface area contributed by atoms with Crippen molar-refractivity contribution in [2.45, 2.75) is 58.5 Å². The van der Waals surface area contributed by atoms with E-state index in [2.05, 4.69) is 0 Å². The van der Waals surface area contributed by atoms with E-state index in [1.807, 2.05) is 25.7 Å². The summed E-state index contributed by atoms with van der Waals surface area (Å²) in [7, 11) is 0.